The first-order chi connectivity index (χ1) is 10.8. The maximum atomic E-state index is 6.07. The Kier molecular flexibility index (Phi) is 5.20. The van der Waals surface area contributed by atoms with Crippen LogP contribution in [0, 0.1) is 5.92 Å². The fourth-order valence-corrected chi connectivity index (χ4v) is 2.49. The minimum absolute atomic E-state index is 0.409. The summed E-state index contributed by atoms with van der Waals surface area (Å²) >= 11 is 0. The molecule has 2 aliphatic rings. The Morgan fingerprint density at radius 3 is 2.68 bits per heavy atom. The van der Waals surface area contributed by atoms with E-state index in [1.54, 1.807) is 0 Å². The van der Waals surface area contributed by atoms with Crippen molar-refractivity contribution in [2.45, 2.75) is 51.7 Å². The van der Waals surface area contributed by atoms with Crippen LogP contribution in [0.5, 0.6) is 5.75 Å². The number of rotatable bonds is 7. The van der Waals surface area contributed by atoms with Crippen molar-refractivity contribution >= 4 is 5.96 Å². The number of hydrogen-bond donors (Lipinski definition) is 2. The third kappa shape index (κ3) is 4.39. The summed E-state index contributed by atoms with van der Waals surface area (Å²) in [5.41, 5.74) is 1.16. The zero-order chi connectivity index (χ0) is 15.2. The minimum Gasteiger partial charge on any atom is -0.490 e. The minimum atomic E-state index is 0.409. The molecule has 3 rings (SSSR count). The maximum absolute atomic E-state index is 6.07. The van der Waals surface area contributed by atoms with Crippen LogP contribution in [0.3, 0.4) is 0 Å². The van der Waals surface area contributed by atoms with Gasteiger partial charge in [-0.2, -0.15) is 0 Å². The zero-order valence-corrected chi connectivity index (χ0v) is 13.5. The Morgan fingerprint density at radius 1 is 1.18 bits per heavy atom. The van der Waals surface area contributed by atoms with Gasteiger partial charge in [0.2, 0.25) is 0 Å². The predicted octanol–water partition coefficient (Wildman–Crippen LogP) is 3.08. The summed E-state index contributed by atoms with van der Waals surface area (Å²) in [4.78, 5) is 4.71. The molecule has 0 bridgehead atoms. The molecule has 1 aromatic rings. The molecule has 2 fully saturated rings. The highest BCUT2D eigenvalue weighted by atomic mass is 16.5. The van der Waals surface area contributed by atoms with E-state index in [0.29, 0.717) is 12.6 Å². The topological polar surface area (TPSA) is 45.7 Å². The van der Waals surface area contributed by atoms with E-state index >= 15 is 0 Å². The molecule has 2 aliphatic carbocycles. The number of nitrogens with zero attached hydrogens (tertiary/aromatic N) is 1. The molecule has 4 heteroatoms. The number of para-hydroxylation sites is 1. The average molecular weight is 301 g/mol. The Bertz CT molecular complexity index is 507. The van der Waals surface area contributed by atoms with Crippen molar-refractivity contribution in [3.05, 3.63) is 29.8 Å². The quantitative estimate of drug-likeness (QED) is 0.601. The summed E-state index contributed by atoms with van der Waals surface area (Å²) in [5.74, 6) is 2.75. The molecule has 2 N–H and O–H groups in total. The van der Waals surface area contributed by atoms with Crippen LogP contribution in [0.25, 0.3) is 0 Å². The summed E-state index contributed by atoms with van der Waals surface area (Å²) < 4.78 is 6.07. The maximum Gasteiger partial charge on any atom is 0.191 e. The molecule has 0 aromatic heterocycles. The van der Waals surface area contributed by atoms with Crippen LogP contribution in [0.1, 0.15) is 44.6 Å². The molecular weight excluding hydrogens is 274 g/mol. The van der Waals surface area contributed by atoms with E-state index in [1.807, 2.05) is 6.07 Å². The van der Waals surface area contributed by atoms with Gasteiger partial charge in [-0.3, -0.25) is 0 Å². The molecule has 2 saturated carbocycles. The molecule has 1 aromatic carbocycles. The van der Waals surface area contributed by atoms with Gasteiger partial charge < -0.3 is 15.4 Å². The van der Waals surface area contributed by atoms with Crippen LogP contribution in [0.15, 0.2) is 29.3 Å². The molecule has 4 nitrogen and oxygen atoms in total. The van der Waals surface area contributed by atoms with E-state index in [9.17, 15) is 0 Å². The lowest BCUT2D eigenvalue weighted by Gasteiger charge is -2.27. The Hall–Kier alpha value is -1.71. The van der Waals surface area contributed by atoms with Crippen LogP contribution >= 0.6 is 0 Å². The lowest BCUT2D eigenvalue weighted by atomic mass is 9.96. The summed E-state index contributed by atoms with van der Waals surface area (Å²) in [6.45, 7) is 4.67. The van der Waals surface area contributed by atoms with Gasteiger partial charge in [-0.1, -0.05) is 18.2 Å². The molecule has 0 amide bonds. The number of benzene rings is 1. The summed E-state index contributed by atoms with van der Waals surface area (Å²) in [5, 5.41) is 6.75. The van der Waals surface area contributed by atoms with Crippen LogP contribution in [-0.4, -0.2) is 25.2 Å². The molecule has 0 heterocycles. The van der Waals surface area contributed by atoms with Crippen molar-refractivity contribution in [1.29, 1.82) is 0 Å². The van der Waals surface area contributed by atoms with Crippen LogP contribution in [-0.2, 0) is 6.54 Å². The molecule has 120 valence electrons. The van der Waals surface area contributed by atoms with E-state index in [1.165, 1.54) is 32.1 Å². The van der Waals surface area contributed by atoms with Gasteiger partial charge in [0.05, 0.1) is 12.6 Å². The first-order valence-electron chi connectivity index (χ1n) is 8.62. The molecule has 0 radical (unpaired) electrons. The highest BCUT2D eigenvalue weighted by molar-refractivity contribution is 5.79. The van der Waals surface area contributed by atoms with Gasteiger partial charge >= 0.3 is 0 Å². The summed E-state index contributed by atoms with van der Waals surface area (Å²) in [6.07, 6.45) is 6.77. The van der Waals surface area contributed by atoms with E-state index in [4.69, 9.17) is 9.73 Å². The highest BCUT2D eigenvalue weighted by Gasteiger charge is 2.21. The monoisotopic (exact) mass is 301 g/mol. The number of guanidine groups is 1. The fraction of sp³-hybridized carbons (Fsp3) is 0.611. The smallest absolute Gasteiger partial charge is 0.191 e. The first kappa shape index (κ1) is 15.2. The van der Waals surface area contributed by atoms with Gasteiger partial charge in [0.15, 0.2) is 5.96 Å². The lowest BCUT2D eigenvalue weighted by Crippen LogP contribution is -2.38. The van der Waals surface area contributed by atoms with Crippen LogP contribution in [0.2, 0.25) is 0 Å². The summed E-state index contributed by atoms with van der Waals surface area (Å²) in [6, 6.07) is 8.27. The SMILES string of the molecule is CCNC(=NCc1ccccc1OC1CCC1)NCC1CC1. The number of hydrogen-bond acceptors (Lipinski definition) is 2. The van der Waals surface area contributed by atoms with E-state index in [-0.39, 0.29) is 0 Å². The van der Waals surface area contributed by atoms with Gasteiger partial charge in [-0.15, -0.1) is 0 Å². The molecule has 0 atom stereocenters. The fourth-order valence-electron chi connectivity index (χ4n) is 2.49. The standard InChI is InChI=1S/C18H27N3O/c1-2-19-18(20-12-14-10-11-14)21-13-15-6-3-4-9-17(15)22-16-7-5-8-16/h3-4,6,9,14,16H,2,5,7-8,10-13H2,1H3,(H2,19,20,21). The van der Waals surface area contributed by atoms with Gasteiger partial charge in [-0.25, -0.2) is 4.99 Å². The van der Waals surface area contributed by atoms with Crippen LogP contribution < -0.4 is 15.4 Å². The Balaban J connectivity index is 1.60. The highest BCUT2D eigenvalue weighted by Crippen LogP contribution is 2.28. The Labute approximate surface area is 133 Å². The molecule has 0 saturated heterocycles. The van der Waals surface area contributed by atoms with Gasteiger partial charge in [0, 0.05) is 18.7 Å². The third-order valence-electron chi connectivity index (χ3n) is 4.33. The third-order valence-corrected chi connectivity index (χ3v) is 4.33. The number of nitrogens with one attached hydrogen (secondary N) is 2. The van der Waals surface area contributed by atoms with Gasteiger partial charge in [-0.05, 0) is 51.0 Å². The van der Waals surface area contributed by atoms with Crippen molar-refractivity contribution in [2.24, 2.45) is 10.9 Å². The van der Waals surface area contributed by atoms with Crippen molar-refractivity contribution in [2.75, 3.05) is 13.1 Å². The zero-order valence-electron chi connectivity index (χ0n) is 13.5. The Morgan fingerprint density at radius 2 is 2.00 bits per heavy atom. The van der Waals surface area contributed by atoms with Crippen LogP contribution in [0.4, 0.5) is 0 Å². The largest absolute Gasteiger partial charge is 0.490 e. The second-order valence-corrected chi connectivity index (χ2v) is 6.30. The first-order valence-corrected chi connectivity index (χ1v) is 8.62. The van der Waals surface area contributed by atoms with E-state index < -0.39 is 0 Å². The molecule has 0 unspecified atom stereocenters. The summed E-state index contributed by atoms with van der Waals surface area (Å²) in [7, 11) is 0. The molecule has 0 spiro atoms. The van der Waals surface area contributed by atoms with Crippen molar-refractivity contribution in [1.82, 2.24) is 10.6 Å². The van der Waals surface area contributed by atoms with Crippen molar-refractivity contribution in [3.8, 4) is 5.75 Å². The number of aliphatic imine (C=N–C) groups is 1. The van der Waals surface area contributed by atoms with Gasteiger partial charge in [0.25, 0.3) is 0 Å². The van der Waals surface area contributed by atoms with Crippen molar-refractivity contribution in [3.63, 3.8) is 0 Å². The second-order valence-electron chi connectivity index (χ2n) is 6.30. The molecule has 0 aliphatic heterocycles. The van der Waals surface area contributed by atoms with Gasteiger partial charge in [0.1, 0.15) is 5.75 Å². The molecule has 22 heavy (non-hydrogen) atoms. The molecular formula is C18H27N3O. The predicted molar refractivity (Wildman–Crippen MR) is 90.3 cm³/mol. The lowest BCUT2D eigenvalue weighted by molar-refractivity contribution is 0.119. The number of ether oxygens (including phenoxy) is 1. The normalized spacial score (nSPS) is 18.7. The van der Waals surface area contributed by atoms with E-state index in [0.717, 1.165) is 36.3 Å². The second kappa shape index (κ2) is 7.52. The average Bonchev–Trinajstić information content (AvgIpc) is 3.31. The van der Waals surface area contributed by atoms with Crippen molar-refractivity contribution < 1.29 is 4.74 Å². The van der Waals surface area contributed by atoms with E-state index in [2.05, 4.69) is 35.8 Å².